The molecule has 2 fully saturated rings. The number of hydrogen-bond donors (Lipinski definition) is 0. The van der Waals surface area contributed by atoms with E-state index in [0.29, 0.717) is 58.0 Å². The molecule has 2 amide bonds. The molecule has 33 heavy (non-hydrogen) atoms. The van der Waals surface area contributed by atoms with E-state index in [1.807, 2.05) is 35.2 Å². The van der Waals surface area contributed by atoms with Crippen molar-refractivity contribution in [2.45, 2.75) is 18.9 Å². The lowest BCUT2D eigenvalue weighted by Gasteiger charge is -2.39. The fraction of sp³-hybridized carbons (Fsp3) is 0.440. The van der Waals surface area contributed by atoms with Gasteiger partial charge < -0.3 is 24.0 Å². The molecular weight excluding hydrogens is 427 g/mol. The van der Waals surface area contributed by atoms with Crippen LogP contribution in [-0.4, -0.2) is 73.7 Å². The molecule has 2 aliphatic rings. The van der Waals surface area contributed by atoms with Crippen LogP contribution in [-0.2, 0) is 14.3 Å². The molecule has 2 saturated heterocycles. The van der Waals surface area contributed by atoms with Crippen LogP contribution in [0, 0.1) is 11.7 Å². The average molecular weight is 457 g/mol. The van der Waals surface area contributed by atoms with Gasteiger partial charge in [-0.3, -0.25) is 9.59 Å². The molecule has 2 atom stereocenters. The van der Waals surface area contributed by atoms with E-state index in [1.54, 1.807) is 4.90 Å². The van der Waals surface area contributed by atoms with Crippen LogP contribution in [0.4, 0.5) is 4.39 Å². The summed E-state index contributed by atoms with van der Waals surface area (Å²) in [6, 6.07) is 15.1. The zero-order valence-electron chi connectivity index (χ0n) is 18.5. The van der Waals surface area contributed by atoms with E-state index in [0.717, 1.165) is 5.75 Å². The van der Waals surface area contributed by atoms with E-state index in [-0.39, 0.29) is 36.3 Å². The summed E-state index contributed by atoms with van der Waals surface area (Å²) in [6.07, 6.45) is 0.762. The summed E-state index contributed by atoms with van der Waals surface area (Å²) in [4.78, 5) is 29.3. The minimum absolute atomic E-state index is 0.0572. The number of nitrogens with zero attached hydrogens (tertiary/aromatic N) is 2. The highest BCUT2D eigenvalue weighted by Gasteiger charge is 2.35. The van der Waals surface area contributed by atoms with Gasteiger partial charge >= 0.3 is 0 Å². The Kier molecular flexibility index (Phi) is 7.78. The molecular formula is C25H29FN2O5. The third-order valence-electron chi connectivity index (χ3n) is 6.02. The van der Waals surface area contributed by atoms with Gasteiger partial charge in [0, 0.05) is 44.9 Å². The van der Waals surface area contributed by atoms with E-state index in [1.165, 1.54) is 24.3 Å². The summed E-state index contributed by atoms with van der Waals surface area (Å²) >= 11 is 0. The first-order valence-corrected chi connectivity index (χ1v) is 11.3. The standard InChI is InChI=1S/C25H29FN2O5/c26-20-6-8-21(9-7-20)32-18-25(30)28-11-10-23(33-22-4-2-1-3-5-22)19(17-28)16-24(29)27-12-14-31-15-13-27/h1-9,19,23H,10-18H2/t19-,23-/m0/s1. The quantitative estimate of drug-likeness (QED) is 0.641. The maximum Gasteiger partial charge on any atom is 0.260 e. The Morgan fingerprint density at radius 3 is 2.36 bits per heavy atom. The molecule has 2 aromatic rings. The van der Waals surface area contributed by atoms with Crippen molar-refractivity contribution in [2.75, 3.05) is 46.0 Å². The molecule has 0 unspecified atom stereocenters. The number of halogens is 1. The molecule has 2 aliphatic heterocycles. The second-order valence-electron chi connectivity index (χ2n) is 8.30. The number of carbonyl (C=O) groups excluding carboxylic acids is 2. The van der Waals surface area contributed by atoms with E-state index in [2.05, 4.69) is 0 Å². The number of carbonyl (C=O) groups is 2. The Bertz CT molecular complexity index is 918. The Labute approximate surface area is 193 Å². The summed E-state index contributed by atoms with van der Waals surface area (Å²) in [7, 11) is 0. The van der Waals surface area contributed by atoms with Gasteiger partial charge in [0.25, 0.3) is 5.91 Å². The number of para-hydroxylation sites is 1. The monoisotopic (exact) mass is 456 g/mol. The number of morpholine rings is 1. The van der Waals surface area contributed by atoms with Gasteiger partial charge in [-0.05, 0) is 36.4 Å². The predicted molar refractivity (Wildman–Crippen MR) is 119 cm³/mol. The van der Waals surface area contributed by atoms with Crippen molar-refractivity contribution in [3.05, 3.63) is 60.4 Å². The number of piperidine rings is 1. The van der Waals surface area contributed by atoms with Gasteiger partial charge in [0.1, 0.15) is 23.4 Å². The van der Waals surface area contributed by atoms with Crippen molar-refractivity contribution >= 4 is 11.8 Å². The fourth-order valence-electron chi connectivity index (χ4n) is 4.20. The lowest BCUT2D eigenvalue weighted by atomic mass is 9.90. The summed E-state index contributed by atoms with van der Waals surface area (Å²) in [6.45, 7) is 3.07. The van der Waals surface area contributed by atoms with Crippen molar-refractivity contribution in [1.29, 1.82) is 0 Å². The van der Waals surface area contributed by atoms with Gasteiger partial charge in [0.15, 0.2) is 6.61 Å². The third-order valence-corrected chi connectivity index (χ3v) is 6.02. The summed E-state index contributed by atoms with van der Waals surface area (Å²) in [5.41, 5.74) is 0. The first-order chi connectivity index (χ1) is 16.1. The second-order valence-corrected chi connectivity index (χ2v) is 8.30. The van der Waals surface area contributed by atoms with Crippen LogP contribution in [0.15, 0.2) is 54.6 Å². The molecule has 2 heterocycles. The number of rotatable bonds is 7. The Hall–Kier alpha value is -3.13. The molecule has 0 bridgehead atoms. The third kappa shape index (κ3) is 6.44. The highest BCUT2D eigenvalue weighted by molar-refractivity contribution is 5.79. The lowest BCUT2D eigenvalue weighted by molar-refractivity contribution is -0.142. The van der Waals surface area contributed by atoms with Crippen molar-refractivity contribution in [2.24, 2.45) is 5.92 Å². The number of likely N-dealkylation sites (tertiary alicyclic amines) is 1. The zero-order valence-corrected chi connectivity index (χ0v) is 18.5. The number of hydrogen-bond acceptors (Lipinski definition) is 5. The molecule has 0 radical (unpaired) electrons. The zero-order chi connectivity index (χ0) is 23.0. The normalized spacial score (nSPS) is 20.9. The first-order valence-electron chi connectivity index (χ1n) is 11.3. The summed E-state index contributed by atoms with van der Waals surface area (Å²) in [5.74, 6) is 0.589. The second kappa shape index (κ2) is 11.1. The first kappa shape index (κ1) is 23.0. The summed E-state index contributed by atoms with van der Waals surface area (Å²) in [5, 5.41) is 0. The highest BCUT2D eigenvalue weighted by atomic mass is 19.1. The van der Waals surface area contributed by atoms with Crippen molar-refractivity contribution in [1.82, 2.24) is 9.80 Å². The van der Waals surface area contributed by atoms with Gasteiger partial charge in [0.2, 0.25) is 5.91 Å². The molecule has 4 rings (SSSR count). The molecule has 0 spiro atoms. The molecule has 176 valence electrons. The smallest absolute Gasteiger partial charge is 0.260 e. The maximum absolute atomic E-state index is 13.1. The van der Waals surface area contributed by atoms with E-state index < -0.39 is 0 Å². The van der Waals surface area contributed by atoms with Gasteiger partial charge in [-0.15, -0.1) is 0 Å². The molecule has 7 nitrogen and oxygen atoms in total. The van der Waals surface area contributed by atoms with Crippen molar-refractivity contribution < 1.29 is 28.2 Å². The lowest BCUT2D eigenvalue weighted by Crippen LogP contribution is -2.51. The van der Waals surface area contributed by atoms with Crippen LogP contribution in [0.5, 0.6) is 11.5 Å². The Morgan fingerprint density at radius 1 is 0.909 bits per heavy atom. The Morgan fingerprint density at radius 2 is 1.64 bits per heavy atom. The molecule has 0 N–H and O–H groups in total. The molecule has 8 heteroatoms. The average Bonchev–Trinajstić information content (AvgIpc) is 2.85. The molecule has 0 saturated carbocycles. The van der Waals surface area contributed by atoms with Crippen LogP contribution in [0.3, 0.4) is 0 Å². The summed E-state index contributed by atoms with van der Waals surface area (Å²) < 4.78 is 30.2. The van der Waals surface area contributed by atoms with Crippen LogP contribution in [0.1, 0.15) is 12.8 Å². The fourth-order valence-corrected chi connectivity index (χ4v) is 4.20. The van der Waals surface area contributed by atoms with Crippen molar-refractivity contribution in [3.8, 4) is 11.5 Å². The number of ether oxygens (including phenoxy) is 3. The van der Waals surface area contributed by atoms with Crippen LogP contribution >= 0.6 is 0 Å². The minimum Gasteiger partial charge on any atom is -0.490 e. The largest absolute Gasteiger partial charge is 0.490 e. The number of amides is 2. The van der Waals surface area contributed by atoms with E-state index in [9.17, 15) is 14.0 Å². The van der Waals surface area contributed by atoms with Crippen LogP contribution in [0.25, 0.3) is 0 Å². The molecule has 0 aromatic heterocycles. The predicted octanol–water partition coefficient (Wildman–Crippen LogP) is 2.75. The Balaban J connectivity index is 1.39. The molecule has 2 aromatic carbocycles. The van der Waals surface area contributed by atoms with Gasteiger partial charge in [-0.2, -0.15) is 0 Å². The van der Waals surface area contributed by atoms with Crippen LogP contribution < -0.4 is 9.47 Å². The van der Waals surface area contributed by atoms with E-state index >= 15 is 0 Å². The van der Waals surface area contributed by atoms with Crippen molar-refractivity contribution in [3.63, 3.8) is 0 Å². The number of benzene rings is 2. The maximum atomic E-state index is 13.1. The molecule has 0 aliphatic carbocycles. The minimum atomic E-state index is -0.359. The van der Waals surface area contributed by atoms with Gasteiger partial charge in [-0.1, -0.05) is 18.2 Å². The van der Waals surface area contributed by atoms with Gasteiger partial charge in [-0.25, -0.2) is 4.39 Å². The SMILES string of the molecule is O=C(C[C@H]1CN(C(=O)COc2ccc(F)cc2)CC[C@@H]1Oc1ccccc1)N1CCOCC1. The van der Waals surface area contributed by atoms with Gasteiger partial charge in [0.05, 0.1) is 13.2 Å². The van der Waals surface area contributed by atoms with Crippen LogP contribution in [0.2, 0.25) is 0 Å². The highest BCUT2D eigenvalue weighted by Crippen LogP contribution is 2.27. The van der Waals surface area contributed by atoms with E-state index in [4.69, 9.17) is 14.2 Å². The topological polar surface area (TPSA) is 68.3 Å².